The second-order valence-corrected chi connectivity index (χ2v) is 9.24. The second-order valence-electron chi connectivity index (χ2n) is 9.24. The van der Waals surface area contributed by atoms with Gasteiger partial charge in [-0.05, 0) is 43.9 Å². The number of unbranched alkanes of at least 4 members (excludes halogenated alkanes) is 1. The number of likely N-dealkylation sites (tertiary alicyclic amines) is 1. The monoisotopic (exact) mass is 338 g/mol. The van der Waals surface area contributed by atoms with E-state index in [0.717, 1.165) is 50.4 Å². The van der Waals surface area contributed by atoms with Gasteiger partial charge in [0.15, 0.2) is 0 Å². The molecule has 0 N–H and O–H groups in total. The second kappa shape index (κ2) is 8.87. The van der Waals surface area contributed by atoms with E-state index in [-0.39, 0.29) is 5.41 Å². The fourth-order valence-corrected chi connectivity index (χ4v) is 2.88. The highest BCUT2D eigenvalue weighted by Gasteiger charge is 2.30. The van der Waals surface area contributed by atoms with Gasteiger partial charge in [0.2, 0.25) is 5.91 Å². The summed E-state index contributed by atoms with van der Waals surface area (Å²) in [6.45, 7) is 17.7. The molecule has 0 bridgehead atoms. The molecule has 1 aliphatic rings. The lowest BCUT2D eigenvalue weighted by atomic mass is 9.75. The lowest BCUT2D eigenvalue weighted by Crippen LogP contribution is -2.41. The lowest BCUT2D eigenvalue weighted by molar-refractivity contribution is -0.133. The minimum Gasteiger partial charge on any atom is -0.396 e. The van der Waals surface area contributed by atoms with Gasteiger partial charge in [-0.15, -0.1) is 0 Å². The molecule has 0 atom stereocenters. The van der Waals surface area contributed by atoms with Gasteiger partial charge >= 0.3 is 0 Å². The zero-order chi connectivity index (χ0) is 18.4. The number of hydrogen-bond acceptors (Lipinski definition) is 3. The van der Waals surface area contributed by atoms with Crippen molar-refractivity contribution in [3.05, 3.63) is 0 Å². The Bertz CT molecular complexity index is 422. The van der Waals surface area contributed by atoms with Crippen molar-refractivity contribution in [3.63, 3.8) is 0 Å². The van der Waals surface area contributed by atoms with Gasteiger partial charge in [-0.2, -0.15) is 0 Å². The van der Waals surface area contributed by atoms with E-state index in [4.69, 9.17) is 4.84 Å². The van der Waals surface area contributed by atoms with Crippen LogP contribution in [0.25, 0.3) is 0 Å². The van der Waals surface area contributed by atoms with Gasteiger partial charge in [0.25, 0.3) is 0 Å². The Hall–Kier alpha value is -1.06. The third-order valence-electron chi connectivity index (χ3n) is 5.24. The first-order chi connectivity index (χ1) is 11.0. The molecule has 0 radical (unpaired) electrons. The number of nitrogens with zero attached hydrogens (tertiary/aromatic N) is 2. The van der Waals surface area contributed by atoms with Crippen molar-refractivity contribution in [2.24, 2.45) is 21.9 Å². The topological polar surface area (TPSA) is 41.9 Å². The first-order valence-electron chi connectivity index (χ1n) is 9.46. The first-order valence-corrected chi connectivity index (χ1v) is 9.46. The summed E-state index contributed by atoms with van der Waals surface area (Å²) >= 11 is 0. The molecular formula is C20H38N2O2. The van der Waals surface area contributed by atoms with E-state index in [0.29, 0.717) is 24.3 Å². The number of carbonyl (C=O) groups is 1. The highest BCUT2D eigenvalue weighted by Crippen LogP contribution is 2.34. The van der Waals surface area contributed by atoms with E-state index in [1.807, 2.05) is 11.8 Å². The minimum absolute atomic E-state index is 0.0507. The van der Waals surface area contributed by atoms with Gasteiger partial charge in [0.1, 0.15) is 6.61 Å². The van der Waals surface area contributed by atoms with E-state index in [1.54, 1.807) is 0 Å². The standard InChI is InChI=1S/C20H38N2O2/c1-16(19(2,3)4)21-24-15-9-8-10-18(23)22-13-11-17(12-14-22)20(5,6)7/h17H,8-15H2,1-7H3/b21-16+. The van der Waals surface area contributed by atoms with Crippen LogP contribution < -0.4 is 0 Å². The summed E-state index contributed by atoms with van der Waals surface area (Å²) in [5, 5.41) is 4.15. The van der Waals surface area contributed by atoms with Gasteiger partial charge in [0, 0.05) is 24.9 Å². The van der Waals surface area contributed by atoms with Crippen LogP contribution >= 0.6 is 0 Å². The zero-order valence-corrected chi connectivity index (χ0v) is 16.9. The highest BCUT2D eigenvalue weighted by molar-refractivity contribution is 5.86. The van der Waals surface area contributed by atoms with Gasteiger partial charge < -0.3 is 9.74 Å². The van der Waals surface area contributed by atoms with E-state index in [2.05, 4.69) is 46.7 Å². The summed E-state index contributed by atoms with van der Waals surface area (Å²) in [5.74, 6) is 1.04. The Kier molecular flexibility index (Phi) is 7.75. The van der Waals surface area contributed by atoms with Crippen molar-refractivity contribution in [3.8, 4) is 0 Å². The SMILES string of the molecule is C/C(=N\OCCCCC(=O)N1CCC(C(C)(C)C)CC1)C(C)(C)C. The molecule has 0 spiro atoms. The molecule has 1 saturated heterocycles. The van der Waals surface area contributed by atoms with Gasteiger partial charge in [-0.3, -0.25) is 4.79 Å². The van der Waals surface area contributed by atoms with Crippen molar-refractivity contribution in [1.82, 2.24) is 4.90 Å². The largest absolute Gasteiger partial charge is 0.396 e. The Morgan fingerprint density at radius 2 is 1.67 bits per heavy atom. The summed E-state index contributed by atoms with van der Waals surface area (Å²) in [4.78, 5) is 19.7. The predicted octanol–water partition coefficient (Wildman–Crippen LogP) is 4.88. The molecule has 140 valence electrons. The summed E-state index contributed by atoms with van der Waals surface area (Å²) in [6, 6.07) is 0. The van der Waals surface area contributed by atoms with E-state index < -0.39 is 0 Å². The third-order valence-corrected chi connectivity index (χ3v) is 5.24. The molecule has 0 unspecified atom stereocenters. The number of rotatable bonds is 6. The van der Waals surface area contributed by atoms with Crippen LogP contribution in [0.4, 0.5) is 0 Å². The third kappa shape index (κ3) is 7.23. The van der Waals surface area contributed by atoms with Crippen LogP contribution in [0.15, 0.2) is 5.16 Å². The van der Waals surface area contributed by atoms with Crippen LogP contribution in [0.1, 0.15) is 80.6 Å². The molecule has 1 heterocycles. The summed E-state index contributed by atoms with van der Waals surface area (Å²) in [7, 11) is 0. The molecule has 1 amide bonds. The number of amides is 1. The van der Waals surface area contributed by atoms with Crippen molar-refractivity contribution in [2.45, 2.75) is 80.6 Å². The quantitative estimate of drug-likeness (QED) is 0.393. The van der Waals surface area contributed by atoms with Crippen LogP contribution in [0.5, 0.6) is 0 Å². The van der Waals surface area contributed by atoms with Crippen molar-refractivity contribution in [1.29, 1.82) is 0 Å². The maximum Gasteiger partial charge on any atom is 0.222 e. The van der Waals surface area contributed by atoms with Gasteiger partial charge in [0.05, 0.1) is 5.71 Å². The van der Waals surface area contributed by atoms with Crippen molar-refractivity contribution >= 4 is 11.6 Å². The van der Waals surface area contributed by atoms with Gasteiger partial charge in [-0.1, -0.05) is 46.7 Å². The van der Waals surface area contributed by atoms with Crippen molar-refractivity contribution in [2.75, 3.05) is 19.7 Å². The summed E-state index contributed by atoms with van der Waals surface area (Å²) in [6.07, 6.45) is 4.66. The number of oxime groups is 1. The molecular weight excluding hydrogens is 300 g/mol. The Morgan fingerprint density at radius 1 is 1.08 bits per heavy atom. The number of piperidine rings is 1. The average Bonchev–Trinajstić information content (AvgIpc) is 2.48. The molecule has 1 rings (SSSR count). The van der Waals surface area contributed by atoms with E-state index in [9.17, 15) is 4.79 Å². The molecule has 1 fully saturated rings. The molecule has 0 aromatic rings. The minimum atomic E-state index is 0.0507. The van der Waals surface area contributed by atoms with Crippen LogP contribution in [0, 0.1) is 16.7 Å². The molecule has 4 heteroatoms. The smallest absolute Gasteiger partial charge is 0.222 e. The summed E-state index contributed by atoms with van der Waals surface area (Å²) < 4.78 is 0. The Labute approximate surface area is 149 Å². The van der Waals surface area contributed by atoms with Crippen LogP contribution in [0.2, 0.25) is 0 Å². The van der Waals surface area contributed by atoms with Gasteiger partial charge in [-0.25, -0.2) is 0 Å². The van der Waals surface area contributed by atoms with Crippen LogP contribution in [0.3, 0.4) is 0 Å². The Morgan fingerprint density at radius 3 is 2.17 bits per heavy atom. The molecule has 1 aliphatic heterocycles. The summed E-state index contributed by atoms with van der Waals surface area (Å²) in [5.41, 5.74) is 1.41. The zero-order valence-electron chi connectivity index (χ0n) is 16.9. The van der Waals surface area contributed by atoms with E-state index >= 15 is 0 Å². The lowest BCUT2D eigenvalue weighted by Gasteiger charge is -2.38. The predicted molar refractivity (Wildman–Crippen MR) is 101 cm³/mol. The molecule has 0 aliphatic carbocycles. The maximum absolute atomic E-state index is 12.3. The first kappa shape index (κ1) is 21.0. The molecule has 4 nitrogen and oxygen atoms in total. The van der Waals surface area contributed by atoms with Crippen LogP contribution in [-0.4, -0.2) is 36.2 Å². The average molecular weight is 339 g/mol. The maximum atomic E-state index is 12.3. The molecule has 0 aromatic carbocycles. The number of hydrogen-bond donors (Lipinski definition) is 0. The van der Waals surface area contributed by atoms with Crippen molar-refractivity contribution < 1.29 is 9.63 Å². The molecule has 0 aromatic heterocycles. The van der Waals surface area contributed by atoms with Crippen LogP contribution in [-0.2, 0) is 9.63 Å². The Balaban J connectivity index is 2.17. The highest BCUT2D eigenvalue weighted by atomic mass is 16.6. The normalized spacial score (nSPS) is 18.0. The fourth-order valence-electron chi connectivity index (χ4n) is 2.88. The molecule has 24 heavy (non-hydrogen) atoms. The van der Waals surface area contributed by atoms with E-state index in [1.165, 1.54) is 0 Å². The number of carbonyl (C=O) groups excluding carboxylic acids is 1. The molecule has 0 saturated carbocycles. The fraction of sp³-hybridized carbons (Fsp3) is 0.900.